The van der Waals surface area contributed by atoms with Gasteiger partial charge in [0, 0.05) is 11.1 Å². The van der Waals surface area contributed by atoms with Gasteiger partial charge in [0.2, 0.25) is 5.75 Å². The summed E-state index contributed by atoms with van der Waals surface area (Å²) in [7, 11) is 0. The van der Waals surface area contributed by atoms with Crippen molar-refractivity contribution in [2.24, 2.45) is 0 Å². The van der Waals surface area contributed by atoms with Crippen molar-refractivity contribution in [3.8, 4) is 5.75 Å². The summed E-state index contributed by atoms with van der Waals surface area (Å²) in [5, 5.41) is 31.4. The van der Waals surface area contributed by atoms with E-state index in [4.69, 9.17) is 5.11 Å². The van der Waals surface area contributed by atoms with Gasteiger partial charge in [-0.15, -0.1) is 0 Å². The molecule has 0 heterocycles. The van der Waals surface area contributed by atoms with Gasteiger partial charge >= 0.3 is 11.8 Å². The Hall–Kier alpha value is -2.71. The highest BCUT2D eigenvalue weighted by molar-refractivity contribution is 5.71. The highest BCUT2D eigenvalue weighted by Gasteiger charge is 2.35. The number of rotatable bonds is 6. The fourth-order valence-electron chi connectivity index (χ4n) is 2.45. The largest absolute Gasteiger partial charge is 0.511 e. The van der Waals surface area contributed by atoms with Crippen LogP contribution in [0.5, 0.6) is 5.75 Å². The molecule has 0 bridgehead atoms. The lowest BCUT2D eigenvalue weighted by Crippen LogP contribution is -2.13. The molecule has 9 heteroatoms. The smallest absolute Gasteiger partial charge is 0.449 e. The second-order valence-electron chi connectivity index (χ2n) is 5.42. The molecule has 1 aromatic carbocycles. The molecule has 0 spiro atoms. The Bertz CT molecular complexity index is 655. The van der Waals surface area contributed by atoms with E-state index in [9.17, 15) is 25.0 Å². The molecule has 9 nitrogen and oxygen atoms in total. The van der Waals surface area contributed by atoms with E-state index in [0.717, 1.165) is 6.07 Å². The van der Waals surface area contributed by atoms with Crippen molar-refractivity contribution < 1.29 is 24.5 Å². The van der Waals surface area contributed by atoms with Gasteiger partial charge in [-0.1, -0.05) is 27.7 Å². The van der Waals surface area contributed by atoms with E-state index in [1.54, 1.807) is 27.7 Å². The summed E-state index contributed by atoms with van der Waals surface area (Å²) in [5.41, 5.74) is -0.671. The van der Waals surface area contributed by atoms with Crippen LogP contribution in [0.2, 0.25) is 0 Å². The van der Waals surface area contributed by atoms with Crippen LogP contribution >= 0.6 is 0 Å². The minimum absolute atomic E-state index is 0.200. The first kappa shape index (κ1) is 18.3. The van der Waals surface area contributed by atoms with E-state index in [0.29, 0.717) is 6.42 Å². The molecule has 1 unspecified atom stereocenters. The van der Waals surface area contributed by atoms with Crippen molar-refractivity contribution >= 4 is 17.5 Å². The van der Waals surface area contributed by atoms with Gasteiger partial charge in [-0.2, -0.15) is 0 Å². The number of nitro benzene ring substituents is 2. The van der Waals surface area contributed by atoms with E-state index < -0.39 is 33.1 Å². The number of ether oxygens (including phenoxy) is 1. The molecule has 0 amide bonds. The third-order valence-electron chi connectivity index (χ3n) is 3.58. The van der Waals surface area contributed by atoms with E-state index in [1.165, 1.54) is 0 Å². The highest BCUT2D eigenvalue weighted by atomic mass is 16.7. The van der Waals surface area contributed by atoms with Crippen LogP contribution < -0.4 is 4.74 Å². The first-order valence-corrected chi connectivity index (χ1v) is 7.02. The Morgan fingerprint density at radius 3 is 2.04 bits per heavy atom. The Morgan fingerprint density at radius 1 is 1.17 bits per heavy atom. The zero-order chi connectivity index (χ0) is 17.9. The molecular weight excluding hydrogens is 308 g/mol. The van der Waals surface area contributed by atoms with Gasteiger partial charge in [0.15, 0.2) is 0 Å². The lowest BCUT2D eigenvalue weighted by Gasteiger charge is -2.20. The summed E-state index contributed by atoms with van der Waals surface area (Å²) in [4.78, 5) is 31.9. The predicted molar refractivity (Wildman–Crippen MR) is 81.2 cm³/mol. The molecule has 1 atom stereocenters. The third kappa shape index (κ3) is 3.74. The zero-order valence-electron chi connectivity index (χ0n) is 13.2. The van der Waals surface area contributed by atoms with Crippen LogP contribution in [0.4, 0.5) is 16.2 Å². The standard InChI is InChI=1S/C14H18N2O7/c1-5-8(4)12-11(7(2)3)9(15(19)20)6-10(16(21)22)13(12)23-14(17)18/h6-8H,5H2,1-4H3,(H,17,18). The second kappa shape index (κ2) is 7.03. The maximum atomic E-state index is 11.3. The molecule has 1 aromatic rings. The Balaban J connectivity index is 3.96. The number of hydrogen-bond acceptors (Lipinski definition) is 6. The molecule has 0 saturated heterocycles. The molecule has 0 aliphatic carbocycles. The lowest BCUT2D eigenvalue weighted by atomic mass is 9.86. The Morgan fingerprint density at radius 2 is 1.70 bits per heavy atom. The van der Waals surface area contributed by atoms with Crippen LogP contribution in [0, 0.1) is 20.2 Å². The predicted octanol–water partition coefficient (Wildman–Crippen LogP) is 4.20. The summed E-state index contributed by atoms with van der Waals surface area (Å²) in [6.45, 7) is 6.91. The number of benzene rings is 1. The van der Waals surface area contributed by atoms with Gasteiger partial charge in [-0.25, -0.2) is 4.79 Å². The summed E-state index contributed by atoms with van der Waals surface area (Å²) >= 11 is 0. The molecule has 0 aliphatic rings. The van der Waals surface area contributed by atoms with Gasteiger partial charge in [0.1, 0.15) is 0 Å². The highest BCUT2D eigenvalue weighted by Crippen LogP contribution is 2.46. The maximum absolute atomic E-state index is 11.3. The number of carboxylic acid groups (broad SMARTS) is 1. The Kier molecular flexibility index (Phi) is 5.61. The number of hydrogen-bond donors (Lipinski definition) is 1. The minimum Gasteiger partial charge on any atom is -0.449 e. The molecule has 23 heavy (non-hydrogen) atoms. The van der Waals surface area contributed by atoms with Crippen LogP contribution in [0.1, 0.15) is 57.1 Å². The van der Waals surface area contributed by atoms with Crippen molar-refractivity contribution in [3.05, 3.63) is 37.4 Å². The van der Waals surface area contributed by atoms with Crippen molar-refractivity contribution in [2.75, 3.05) is 0 Å². The van der Waals surface area contributed by atoms with Gasteiger partial charge in [0.05, 0.1) is 15.9 Å². The quantitative estimate of drug-likeness (QED) is 0.358. The average Bonchev–Trinajstić information content (AvgIpc) is 2.44. The molecule has 0 aliphatic heterocycles. The molecular formula is C14H18N2O7. The fraction of sp³-hybridized carbons (Fsp3) is 0.500. The van der Waals surface area contributed by atoms with E-state index in [-0.39, 0.29) is 23.0 Å². The average molecular weight is 326 g/mol. The Labute approximate surface area is 132 Å². The van der Waals surface area contributed by atoms with E-state index >= 15 is 0 Å². The number of nitro groups is 2. The summed E-state index contributed by atoms with van der Waals surface area (Å²) in [5.74, 6) is -1.12. The molecule has 0 radical (unpaired) electrons. The van der Waals surface area contributed by atoms with Crippen LogP contribution in [-0.4, -0.2) is 21.1 Å². The maximum Gasteiger partial charge on any atom is 0.511 e. The first-order chi connectivity index (χ1) is 10.6. The molecule has 1 N–H and O–H groups in total. The van der Waals surface area contributed by atoms with E-state index in [1.807, 2.05) is 0 Å². The normalized spacial score (nSPS) is 12.0. The van der Waals surface area contributed by atoms with Gasteiger partial charge in [-0.3, -0.25) is 20.2 Å². The van der Waals surface area contributed by atoms with Gasteiger partial charge in [-0.05, 0) is 18.3 Å². The topological polar surface area (TPSA) is 133 Å². The minimum atomic E-state index is -1.71. The zero-order valence-corrected chi connectivity index (χ0v) is 13.2. The van der Waals surface area contributed by atoms with Crippen molar-refractivity contribution in [1.82, 2.24) is 0 Å². The van der Waals surface area contributed by atoms with E-state index in [2.05, 4.69) is 4.74 Å². The fourth-order valence-corrected chi connectivity index (χ4v) is 2.45. The molecule has 0 saturated carbocycles. The lowest BCUT2D eigenvalue weighted by molar-refractivity contribution is -0.395. The molecule has 0 fully saturated rings. The van der Waals surface area contributed by atoms with Crippen LogP contribution in [-0.2, 0) is 0 Å². The summed E-state index contributed by atoms with van der Waals surface area (Å²) in [6, 6.07) is 0.763. The van der Waals surface area contributed by atoms with Crippen LogP contribution in [0.25, 0.3) is 0 Å². The van der Waals surface area contributed by atoms with Crippen LogP contribution in [0.15, 0.2) is 6.07 Å². The van der Waals surface area contributed by atoms with Crippen molar-refractivity contribution in [1.29, 1.82) is 0 Å². The number of carbonyl (C=O) groups is 1. The number of nitrogens with zero attached hydrogens (tertiary/aromatic N) is 2. The van der Waals surface area contributed by atoms with Crippen molar-refractivity contribution in [2.45, 2.75) is 46.0 Å². The second-order valence-corrected chi connectivity index (χ2v) is 5.42. The molecule has 126 valence electrons. The SMILES string of the molecule is CCC(C)c1c(OC(=O)O)c([N+](=O)[O-])cc([N+](=O)[O-])c1C(C)C. The van der Waals surface area contributed by atoms with Gasteiger partial charge < -0.3 is 9.84 Å². The van der Waals surface area contributed by atoms with Crippen molar-refractivity contribution in [3.63, 3.8) is 0 Å². The monoisotopic (exact) mass is 326 g/mol. The van der Waals surface area contributed by atoms with Gasteiger partial charge in [0.25, 0.3) is 5.69 Å². The molecule has 0 aromatic heterocycles. The molecule has 1 rings (SSSR count). The third-order valence-corrected chi connectivity index (χ3v) is 3.58. The summed E-state index contributed by atoms with van der Waals surface area (Å²) in [6.07, 6.45) is -1.20. The summed E-state index contributed by atoms with van der Waals surface area (Å²) < 4.78 is 4.64. The first-order valence-electron chi connectivity index (χ1n) is 7.02. The van der Waals surface area contributed by atoms with Crippen LogP contribution in [0.3, 0.4) is 0 Å².